The zero-order chi connectivity index (χ0) is 29.2. The molecule has 228 valence electrons. The number of ether oxygens (including phenoxy) is 1. The van der Waals surface area contributed by atoms with Crippen LogP contribution in [0, 0.1) is 0 Å². The van der Waals surface area contributed by atoms with Gasteiger partial charge in [0.1, 0.15) is 5.75 Å². The summed E-state index contributed by atoms with van der Waals surface area (Å²) in [5.74, 6) is 0.949. The zero-order valence-corrected chi connectivity index (χ0v) is 27.5. The van der Waals surface area contributed by atoms with Gasteiger partial charge in [0.25, 0.3) is 0 Å². The number of rotatable bonds is 26. The molecule has 0 N–H and O–H groups in total. The van der Waals surface area contributed by atoms with E-state index in [1.807, 2.05) is 6.08 Å². The summed E-state index contributed by atoms with van der Waals surface area (Å²) < 4.78 is 6.04. The summed E-state index contributed by atoms with van der Waals surface area (Å²) in [6.07, 6.45) is 33.1. The quantitative estimate of drug-likeness (QED) is 0.0477. The van der Waals surface area contributed by atoms with E-state index in [0.717, 1.165) is 41.2 Å². The Labute approximate surface area is 259 Å². The standard InChI is InChI=1S/C39H60OS/c1-3-5-6-7-8-9-10-11-12-13-14-15-16-17-18-19-20-21-22-33-40-38-26-23-25-36(34-38)29-32-39(41)37-30-27-35(24-4-2)28-31-37/h23,25-32,34H,3-22,24,33H2,1-2H3. The average Bonchev–Trinajstić information content (AvgIpc) is 2.99. The minimum atomic E-state index is 0.800. The van der Waals surface area contributed by atoms with Gasteiger partial charge in [-0.15, -0.1) is 0 Å². The number of unbranched alkanes of at least 4 members (excludes halogenated alkanes) is 18. The lowest BCUT2D eigenvalue weighted by atomic mass is 10.0. The van der Waals surface area contributed by atoms with Gasteiger partial charge in [-0.1, -0.05) is 191 Å². The summed E-state index contributed by atoms with van der Waals surface area (Å²) in [4.78, 5) is 0.869. The lowest BCUT2D eigenvalue weighted by Crippen LogP contribution is -1.97. The molecule has 0 aliphatic rings. The molecule has 0 aliphatic heterocycles. The van der Waals surface area contributed by atoms with Crippen LogP contribution in [0.15, 0.2) is 54.6 Å². The van der Waals surface area contributed by atoms with Gasteiger partial charge in [-0.3, -0.25) is 0 Å². The molecule has 2 aromatic rings. The molecule has 0 spiro atoms. The highest BCUT2D eigenvalue weighted by molar-refractivity contribution is 7.81. The Bertz CT molecular complexity index is 929. The molecule has 1 nitrogen and oxygen atoms in total. The highest BCUT2D eigenvalue weighted by Gasteiger charge is 2.00. The first-order chi connectivity index (χ1) is 20.2. The van der Waals surface area contributed by atoms with Crippen molar-refractivity contribution in [1.29, 1.82) is 0 Å². The van der Waals surface area contributed by atoms with Gasteiger partial charge in [-0.2, -0.15) is 0 Å². The van der Waals surface area contributed by atoms with Crippen molar-refractivity contribution in [2.75, 3.05) is 6.61 Å². The first-order valence-electron chi connectivity index (χ1n) is 17.3. The molecule has 0 aromatic heterocycles. The summed E-state index contributed by atoms with van der Waals surface area (Å²) in [6, 6.07) is 17.0. The molecule has 0 bridgehead atoms. The maximum Gasteiger partial charge on any atom is 0.119 e. The van der Waals surface area contributed by atoms with E-state index in [-0.39, 0.29) is 0 Å². The van der Waals surface area contributed by atoms with Crippen molar-refractivity contribution in [3.8, 4) is 5.75 Å². The summed E-state index contributed by atoms with van der Waals surface area (Å²) in [6.45, 7) is 5.31. The van der Waals surface area contributed by atoms with Crippen molar-refractivity contribution in [1.82, 2.24) is 0 Å². The number of benzene rings is 2. The van der Waals surface area contributed by atoms with Crippen LogP contribution in [0.1, 0.15) is 159 Å². The van der Waals surface area contributed by atoms with Crippen LogP contribution in [0.4, 0.5) is 0 Å². The highest BCUT2D eigenvalue weighted by Crippen LogP contribution is 2.18. The molecule has 0 fully saturated rings. The summed E-state index contributed by atoms with van der Waals surface area (Å²) in [7, 11) is 0. The van der Waals surface area contributed by atoms with Crippen LogP contribution in [-0.4, -0.2) is 11.5 Å². The Hall–Kier alpha value is -1.93. The molecule has 2 heteroatoms. The molecule has 0 saturated heterocycles. The van der Waals surface area contributed by atoms with E-state index in [0.29, 0.717) is 0 Å². The van der Waals surface area contributed by atoms with E-state index in [1.54, 1.807) is 0 Å². The van der Waals surface area contributed by atoms with Crippen molar-refractivity contribution >= 4 is 23.2 Å². The molecule has 2 aromatic carbocycles. The lowest BCUT2D eigenvalue weighted by Gasteiger charge is -2.07. The van der Waals surface area contributed by atoms with Crippen molar-refractivity contribution in [3.63, 3.8) is 0 Å². The maximum absolute atomic E-state index is 6.04. The van der Waals surface area contributed by atoms with Gasteiger partial charge in [0.2, 0.25) is 0 Å². The van der Waals surface area contributed by atoms with E-state index < -0.39 is 0 Å². The van der Waals surface area contributed by atoms with Gasteiger partial charge >= 0.3 is 0 Å². The van der Waals surface area contributed by atoms with Crippen molar-refractivity contribution in [2.24, 2.45) is 0 Å². The minimum Gasteiger partial charge on any atom is -0.494 e. The second kappa shape index (κ2) is 24.6. The number of thiocarbonyl (C=S) groups is 1. The average molecular weight is 577 g/mol. The Morgan fingerprint density at radius 1 is 0.610 bits per heavy atom. The molecule has 0 saturated carbocycles. The predicted molar refractivity (Wildman–Crippen MR) is 187 cm³/mol. The lowest BCUT2D eigenvalue weighted by molar-refractivity contribution is 0.304. The van der Waals surface area contributed by atoms with Crippen molar-refractivity contribution in [2.45, 2.75) is 149 Å². The zero-order valence-electron chi connectivity index (χ0n) is 26.6. The smallest absolute Gasteiger partial charge is 0.119 e. The van der Waals surface area contributed by atoms with Gasteiger partial charge in [0.15, 0.2) is 0 Å². The molecular formula is C39H60OS. The normalized spacial score (nSPS) is 11.4. The Kier molecular flexibility index (Phi) is 21.2. The maximum atomic E-state index is 6.04. The van der Waals surface area contributed by atoms with Gasteiger partial charge in [-0.05, 0) is 47.7 Å². The molecule has 0 heterocycles. The van der Waals surface area contributed by atoms with Gasteiger partial charge in [0, 0.05) is 4.86 Å². The van der Waals surface area contributed by atoms with Gasteiger partial charge in [0.05, 0.1) is 6.61 Å². The van der Waals surface area contributed by atoms with E-state index >= 15 is 0 Å². The Morgan fingerprint density at radius 3 is 1.63 bits per heavy atom. The van der Waals surface area contributed by atoms with E-state index in [2.05, 4.69) is 68.5 Å². The van der Waals surface area contributed by atoms with Crippen LogP contribution in [0.3, 0.4) is 0 Å². The monoisotopic (exact) mass is 576 g/mol. The fourth-order valence-corrected chi connectivity index (χ4v) is 5.68. The van der Waals surface area contributed by atoms with E-state index in [4.69, 9.17) is 17.0 Å². The molecule has 2 rings (SSSR count). The van der Waals surface area contributed by atoms with Crippen molar-refractivity contribution < 1.29 is 4.74 Å². The summed E-state index contributed by atoms with van der Waals surface area (Å²) in [5, 5.41) is 0. The van der Waals surface area contributed by atoms with Crippen molar-refractivity contribution in [3.05, 3.63) is 71.3 Å². The number of aryl methyl sites for hydroxylation is 1. The van der Waals surface area contributed by atoms with Gasteiger partial charge < -0.3 is 4.74 Å². The number of allylic oxidation sites excluding steroid dienone is 1. The SMILES string of the molecule is CCCCCCCCCCCCCCCCCCCCCOc1cccc(C=CC(=S)c2ccc(CCC)cc2)c1. The molecule has 0 amide bonds. The predicted octanol–water partition coefficient (Wildman–Crippen LogP) is 12.9. The van der Waals surface area contributed by atoms with E-state index in [1.165, 1.54) is 128 Å². The Balaban J connectivity index is 1.42. The van der Waals surface area contributed by atoms with Gasteiger partial charge in [-0.25, -0.2) is 0 Å². The minimum absolute atomic E-state index is 0.800. The third-order valence-corrected chi connectivity index (χ3v) is 8.45. The molecule has 41 heavy (non-hydrogen) atoms. The fraction of sp³-hybridized carbons (Fsp3) is 0.615. The van der Waals surface area contributed by atoms with Crippen LogP contribution in [0.5, 0.6) is 5.75 Å². The molecule has 0 aliphatic carbocycles. The Morgan fingerprint density at radius 2 is 1.12 bits per heavy atom. The topological polar surface area (TPSA) is 9.23 Å². The summed E-state index contributed by atoms with van der Waals surface area (Å²) in [5.41, 5.74) is 3.60. The number of hydrogen-bond donors (Lipinski definition) is 0. The molecule has 0 unspecified atom stereocenters. The van der Waals surface area contributed by atoms with Crippen LogP contribution < -0.4 is 4.74 Å². The third kappa shape index (κ3) is 18.3. The van der Waals surface area contributed by atoms with Crippen LogP contribution in [-0.2, 0) is 6.42 Å². The molecule has 0 radical (unpaired) electrons. The van der Waals surface area contributed by atoms with Crippen LogP contribution in [0.25, 0.3) is 6.08 Å². The molecule has 0 atom stereocenters. The molecular weight excluding hydrogens is 516 g/mol. The van der Waals surface area contributed by atoms with E-state index in [9.17, 15) is 0 Å². The number of hydrogen-bond acceptors (Lipinski definition) is 2. The van der Waals surface area contributed by atoms with Crippen LogP contribution in [0.2, 0.25) is 0 Å². The first kappa shape index (κ1) is 35.3. The third-order valence-electron chi connectivity index (χ3n) is 8.08. The highest BCUT2D eigenvalue weighted by atomic mass is 32.1. The second-order valence-corrected chi connectivity index (χ2v) is 12.4. The summed E-state index contributed by atoms with van der Waals surface area (Å²) >= 11 is 5.63. The fourth-order valence-electron chi connectivity index (χ4n) is 5.47. The second-order valence-electron chi connectivity index (χ2n) is 11.9. The van der Waals surface area contributed by atoms with Crippen LogP contribution >= 0.6 is 12.2 Å². The first-order valence-corrected chi connectivity index (χ1v) is 17.7. The largest absolute Gasteiger partial charge is 0.494 e.